The molecule has 0 fully saturated rings. The third-order valence-corrected chi connectivity index (χ3v) is 23.6. The van der Waals surface area contributed by atoms with E-state index in [4.69, 9.17) is 28.2 Å². The van der Waals surface area contributed by atoms with Crippen LogP contribution in [-0.4, -0.2) is 29.9 Å². The van der Waals surface area contributed by atoms with Gasteiger partial charge in [0.15, 0.2) is 0 Å². The van der Waals surface area contributed by atoms with Gasteiger partial charge in [0.05, 0.1) is 33.1 Å². The Bertz CT molecular complexity index is 8210. The highest BCUT2D eigenvalue weighted by Crippen LogP contribution is 2.46. The number of aromatic nitrogens is 6. The maximum absolute atomic E-state index is 6.56. The predicted octanol–water partition coefficient (Wildman–Crippen LogP) is 29.4. The second kappa shape index (κ2) is 27.4. The molecule has 0 saturated heterocycles. The molecule has 6 heterocycles. The van der Waals surface area contributed by atoms with Crippen molar-refractivity contribution < 1.29 is 13.3 Å². The van der Waals surface area contributed by atoms with Crippen LogP contribution >= 0.6 is 0 Å². The zero-order chi connectivity index (χ0) is 78.3. The summed E-state index contributed by atoms with van der Waals surface area (Å²) in [6.07, 6.45) is 10.6. The Balaban J connectivity index is 0.000000106. The summed E-state index contributed by atoms with van der Waals surface area (Å²) in [5.74, 6) is 0. The molecule has 0 bridgehead atoms. The van der Waals surface area contributed by atoms with Crippen molar-refractivity contribution in [3.63, 3.8) is 0 Å². The summed E-state index contributed by atoms with van der Waals surface area (Å²) < 4.78 is 19.4. The van der Waals surface area contributed by atoms with E-state index in [0.29, 0.717) is 0 Å². The molecule has 18 aromatic carbocycles. The van der Waals surface area contributed by atoms with Crippen molar-refractivity contribution in [3.8, 4) is 66.8 Å². The Kier molecular flexibility index (Phi) is 16.1. The summed E-state index contributed by atoms with van der Waals surface area (Å²) in [5, 5.41) is 20.9. The molecule has 0 aliphatic heterocycles. The summed E-state index contributed by atoms with van der Waals surface area (Å²) in [7, 11) is 0. The van der Waals surface area contributed by atoms with Gasteiger partial charge in [-0.1, -0.05) is 218 Å². The van der Waals surface area contributed by atoms with Crippen LogP contribution in [0.25, 0.3) is 230 Å². The number of aryl methyl sites for hydroxylation is 6. The van der Waals surface area contributed by atoms with Crippen LogP contribution in [-0.2, 0) is 0 Å². The van der Waals surface area contributed by atoms with E-state index in [1.54, 1.807) is 37.2 Å². The van der Waals surface area contributed by atoms with Crippen LogP contribution < -0.4 is 0 Å². The van der Waals surface area contributed by atoms with Crippen LogP contribution in [0.3, 0.4) is 0 Å². The van der Waals surface area contributed by atoms with E-state index >= 15 is 0 Å². The van der Waals surface area contributed by atoms with Gasteiger partial charge in [-0.05, 0) is 231 Å². The molecule has 0 N–H and O–H groups in total. The average molecular weight is 1500 g/mol. The zero-order valence-electron chi connectivity index (χ0n) is 65.1. The fourth-order valence-corrected chi connectivity index (χ4v) is 18.3. The van der Waals surface area contributed by atoms with E-state index in [1.165, 1.54) is 109 Å². The average Bonchev–Trinajstić information content (AvgIpc) is 1.70. The number of rotatable bonds is 6. The largest absolute Gasteiger partial charge is 0.455 e. The van der Waals surface area contributed by atoms with Gasteiger partial charge in [0, 0.05) is 119 Å². The molecule has 0 radical (unpaired) electrons. The molecule has 0 spiro atoms. The van der Waals surface area contributed by atoms with Crippen LogP contribution in [0.15, 0.2) is 342 Å². The first-order valence-electron chi connectivity index (χ1n) is 39.7. The monoisotopic (exact) mass is 1500 g/mol. The van der Waals surface area contributed by atoms with Gasteiger partial charge < -0.3 is 13.3 Å². The summed E-state index contributed by atoms with van der Waals surface area (Å²) in [5.41, 5.74) is 32.4. The highest BCUT2D eigenvalue weighted by molar-refractivity contribution is 6.26. The molecule has 24 aromatic rings. The zero-order valence-corrected chi connectivity index (χ0v) is 65.1. The SMILES string of the molecule is Cc1cc(C)c2oc3c(-c4cccc(-c5ccc6c(c5)c5ccccc5c5nccnc65)c4)cc(C)cc3c2c1.Cc1ccc2oc3c(-c4cccc(-c5ccc6c(c5)c5ccccc5c5nccnc65)c4)cc(C)cc3c2c1.Cc1cccc2c1oc1c(-c3cccc(-c4ccc5c(c4)c4ccccc4c4nccnc54)c3)cccc12. The topological polar surface area (TPSA) is 117 Å². The molecule has 117 heavy (non-hydrogen) atoms. The van der Waals surface area contributed by atoms with Gasteiger partial charge in [-0.3, -0.25) is 29.9 Å². The lowest BCUT2D eigenvalue weighted by Crippen LogP contribution is -1.89. The van der Waals surface area contributed by atoms with Crippen molar-refractivity contribution in [2.75, 3.05) is 0 Å². The van der Waals surface area contributed by atoms with Crippen molar-refractivity contribution in [1.82, 2.24) is 29.9 Å². The Hall–Kier alpha value is -15.1. The Labute approximate surface area is 672 Å². The second-order valence-corrected chi connectivity index (χ2v) is 31.2. The van der Waals surface area contributed by atoms with Gasteiger partial charge in [-0.2, -0.15) is 0 Å². The first-order valence-corrected chi connectivity index (χ1v) is 39.7. The van der Waals surface area contributed by atoms with E-state index < -0.39 is 0 Å². The van der Waals surface area contributed by atoms with Gasteiger partial charge in [0.25, 0.3) is 0 Å². The molecule has 552 valence electrons. The van der Waals surface area contributed by atoms with Crippen molar-refractivity contribution in [2.24, 2.45) is 0 Å². The predicted molar refractivity (Wildman–Crippen MR) is 487 cm³/mol. The maximum Gasteiger partial charge on any atom is 0.143 e. The number of nitrogens with zero attached hydrogens (tertiary/aromatic N) is 6. The molecule has 6 aromatic heterocycles. The number of hydrogen-bond acceptors (Lipinski definition) is 9. The Morgan fingerprint density at radius 3 is 0.940 bits per heavy atom. The van der Waals surface area contributed by atoms with E-state index in [9.17, 15) is 0 Å². The molecule has 0 unspecified atom stereocenters. The molecule has 9 heteroatoms. The maximum atomic E-state index is 6.56. The molecule has 0 amide bonds. The van der Waals surface area contributed by atoms with Gasteiger partial charge in [0.2, 0.25) is 0 Å². The number of fused-ring (bicyclic) bond motifs is 27. The van der Waals surface area contributed by atoms with E-state index in [-0.39, 0.29) is 0 Å². The van der Waals surface area contributed by atoms with Crippen LogP contribution in [0, 0.1) is 41.5 Å². The third kappa shape index (κ3) is 11.5. The van der Waals surface area contributed by atoms with Crippen molar-refractivity contribution in [2.45, 2.75) is 41.5 Å². The highest BCUT2D eigenvalue weighted by atomic mass is 16.3. The summed E-state index contributed by atoms with van der Waals surface area (Å²) in [6.45, 7) is 12.8. The summed E-state index contributed by atoms with van der Waals surface area (Å²) in [6, 6.07) is 104. The minimum Gasteiger partial charge on any atom is -0.455 e. The molecule has 0 atom stereocenters. The molecular weight excluding hydrogens is 1430 g/mol. The quantitative estimate of drug-likeness (QED) is 0.150. The number of benzene rings is 18. The Morgan fingerprint density at radius 2 is 0.487 bits per heavy atom. The fourth-order valence-electron chi connectivity index (χ4n) is 18.3. The third-order valence-electron chi connectivity index (χ3n) is 23.6. The lowest BCUT2D eigenvalue weighted by molar-refractivity contribution is 0.666. The molecular formula is C108H72N6O3. The molecule has 9 nitrogen and oxygen atoms in total. The molecule has 0 aliphatic rings. The number of para-hydroxylation sites is 2. The lowest BCUT2D eigenvalue weighted by atomic mass is 9.93. The Morgan fingerprint density at radius 1 is 0.171 bits per heavy atom. The minimum atomic E-state index is 0.926. The van der Waals surface area contributed by atoms with Crippen LogP contribution in [0.1, 0.15) is 33.4 Å². The normalized spacial score (nSPS) is 11.8. The van der Waals surface area contributed by atoms with Crippen LogP contribution in [0.4, 0.5) is 0 Å². The first-order chi connectivity index (χ1) is 57.4. The number of hydrogen-bond donors (Lipinski definition) is 0. The second-order valence-electron chi connectivity index (χ2n) is 31.2. The highest BCUT2D eigenvalue weighted by Gasteiger charge is 2.22. The summed E-state index contributed by atoms with van der Waals surface area (Å²) >= 11 is 0. The minimum absolute atomic E-state index is 0.926. The molecule has 24 rings (SSSR count). The number of furan rings is 3. The first kappa shape index (κ1) is 68.7. The summed E-state index contributed by atoms with van der Waals surface area (Å²) in [4.78, 5) is 28.1. The van der Waals surface area contributed by atoms with Crippen molar-refractivity contribution >= 4 is 164 Å². The molecule has 0 saturated carbocycles. The van der Waals surface area contributed by atoms with E-state index in [0.717, 1.165) is 154 Å². The van der Waals surface area contributed by atoms with Gasteiger partial charge in [-0.25, -0.2) is 0 Å². The van der Waals surface area contributed by atoms with Gasteiger partial charge >= 0.3 is 0 Å². The van der Waals surface area contributed by atoms with Crippen molar-refractivity contribution in [1.29, 1.82) is 0 Å². The van der Waals surface area contributed by atoms with E-state index in [1.807, 2.05) is 0 Å². The van der Waals surface area contributed by atoms with Gasteiger partial charge in [0.1, 0.15) is 33.5 Å². The fraction of sp³-hybridized carbons (Fsp3) is 0.0556. The van der Waals surface area contributed by atoms with Crippen LogP contribution in [0.5, 0.6) is 0 Å². The smallest absolute Gasteiger partial charge is 0.143 e. The standard InChI is InChI=1S/C37H26N2O.C36H24N2O.C35H22N2O/c1-21-15-23(3)36-32(17-21)33-18-22(2)16-30(37(33)40-36)26-8-6-7-24(19-26)25-11-12-29-31(20-25)27-9-4-5-10-28(27)34-35(29)39-14-13-38-34;1-21-10-13-33-31(16-21)32-18-22(2)17-29(36(32)39-33)25-7-5-6-23(19-25)24-11-12-28-30(20-24)26-8-3-4-9-27(26)34-35(28)38-15-14-37-34;1-21-7-4-13-29-30-14-6-12-25(35(30)38-34(21)29)24-9-5-8-22(19-24)23-15-16-28-31(20-23)26-10-2-3-11-27(26)32-33(28)37-18-17-36-32/h4-20H,1-3H3;3-20H,1-2H3;2-20H,1H3. The van der Waals surface area contributed by atoms with Crippen LogP contribution in [0.2, 0.25) is 0 Å². The van der Waals surface area contributed by atoms with Crippen molar-refractivity contribution in [3.05, 3.63) is 362 Å². The van der Waals surface area contributed by atoms with Gasteiger partial charge in [-0.15, -0.1) is 0 Å². The van der Waals surface area contributed by atoms with E-state index in [2.05, 4.69) is 348 Å². The molecule has 0 aliphatic carbocycles. The lowest BCUT2D eigenvalue weighted by Gasteiger charge is -2.12.